The number of benzene rings is 1. The summed E-state index contributed by atoms with van der Waals surface area (Å²) < 4.78 is 22.8. The Labute approximate surface area is 140 Å². The van der Waals surface area contributed by atoms with E-state index in [1.807, 2.05) is 0 Å². The first-order valence-electron chi connectivity index (χ1n) is 7.30. The summed E-state index contributed by atoms with van der Waals surface area (Å²) in [7, 11) is -3.02. The third kappa shape index (κ3) is 5.21. The monoisotopic (exact) mass is 358 g/mol. The average Bonchev–Trinajstić information content (AvgIpc) is 2.79. The Morgan fingerprint density at radius 2 is 1.96 bits per heavy atom. The summed E-state index contributed by atoms with van der Waals surface area (Å²) in [6.07, 6.45) is 0.556. The fourth-order valence-corrected chi connectivity index (χ4v) is 4.31. The van der Waals surface area contributed by atoms with Crippen LogP contribution >= 0.6 is 11.6 Å². The maximum Gasteiger partial charge on any atom is 0.223 e. The first kappa shape index (κ1) is 17.7. The molecule has 0 aliphatic carbocycles. The fraction of sp³-hybridized carbons (Fsp3) is 0.467. The van der Waals surface area contributed by atoms with Crippen molar-refractivity contribution in [2.24, 2.45) is 0 Å². The van der Waals surface area contributed by atoms with E-state index in [-0.39, 0.29) is 42.3 Å². The third-order valence-electron chi connectivity index (χ3n) is 3.68. The Kier molecular flexibility index (Phi) is 5.64. The van der Waals surface area contributed by atoms with Crippen LogP contribution in [0.1, 0.15) is 19.8 Å². The molecule has 1 fully saturated rings. The minimum atomic E-state index is -3.02. The van der Waals surface area contributed by atoms with Gasteiger partial charge in [-0.25, -0.2) is 8.42 Å². The van der Waals surface area contributed by atoms with E-state index < -0.39 is 9.84 Å². The van der Waals surface area contributed by atoms with Crippen LogP contribution in [0.25, 0.3) is 0 Å². The molecule has 23 heavy (non-hydrogen) atoms. The number of nitrogens with one attached hydrogen (secondary N) is 1. The second-order valence-corrected chi connectivity index (χ2v) is 8.23. The van der Waals surface area contributed by atoms with Gasteiger partial charge in [-0.3, -0.25) is 9.59 Å². The Morgan fingerprint density at radius 1 is 1.30 bits per heavy atom. The standard InChI is InChI=1S/C15H19ClN2O4S/c1-11(19)18(14-4-2-12(16)3-5-14)8-6-15(20)17-13-7-9-23(21,22)10-13/h2-5,13H,6-10H2,1H3,(H,17,20). The molecule has 0 aromatic heterocycles. The zero-order chi connectivity index (χ0) is 17.0. The fourth-order valence-electron chi connectivity index (χ4n) is 2.51. The first-order chi connectivity index (χ1) is 10.8. The van der Waals surface area contributed by atoms with Gasteiger partial charge in [0.15, 0.2) is 9.84 Å². The molecule has 0 spiro atoms. The molecule has 0 saturated carbocycles. The first-order valence-corrected chi connectivity index (χ1v) is 9.50. The summed E-state index contributed by atoms with van der Waals surface area (Å²) in [5.41, 5.74) is 0.665. The maximum absolute atomic E-state index is 12.0. The number of sulfone groups is 1. The van der Waals surface area contributed by atoms with E-state index in [9.17, 15) is 18.0 Å². The van der Waals surface area contributed by atoms with Gasteiger partial charge in [0.25, 0.3) is 0 Å². The number of hydrogen-bond donors (Lipinski definition) is 1. The second-order valence-electron chi connectivity index (χ2n) is 5.56. The van der Waals surface area contributed by atoms with Gasteiger partial charge in [0.05, 0.1) is 11.5 Å². The zero-order valence-corrected chi connectivity index (χ0v) is 14.4. The molecule has 2 rings (SSSR count). The molecule has 6 nitrogen and oxygen atoms in total. The van der Waals surface area contributed by atoms with Crippen LogP contribution in [0.15, 0.2) is 24.3 Å². The predicted octanol–water partition coefficient (Wildman–Crippen LogP) is 1.39. The molecule has 0 radical (unpaired) electrons. The Hall–Kier alpha value is -1.60. The molecule has 1 unspecified atom stereocenters. The van der Waals surface area contributed by atoms with Crippen molar-refractivity contribution in [3.8, 4) is 0 Å². The number of halogens is 1. The van der Waals surface area contributed by atoms with E-state index in [2.05, 4.69) is 5.32 Å². The van der Waals surface area contributed by atoms with E-state index in [4.69, 9.17) is 11.6 Å². The smallest absolute Gasteiger partial charge is 0.223 e. The van der Waals surface area contributed by atoms with E-state index in [0.717, 1.165) is 0 Å². The predicted molar refractivity (Wildman–Crippen MR) is 89.3 cm³/mol. The van der Waals surface area contributed by atoms with Gasteiger partial charge in [-0.1, -0.05) is 11.6 Å². The molecule has 126 valence electrons. The molecule has 2 amide bonds. The Balaban J connectivity index is 1.90. The summed E-state index contributed by atoms with van der Waals surface area (Å²) in [6, 6.07) is 6.46. The molecule has 1 aromatic carbocycles. The summed E-state index contributed by atoms with van der Waals surface area (Å²) >= 11 is 5.82. The van der Waals surface area contributed by atoms with Gasteiger partial charge in [0, 0.05) is 36.6 Å². The van der Waals surface area contributed by atoms with Crippen molar-refractivity contribution in [1.29, 1.82) is 0 Å². The van der Waals surface area contributed by atoms with Gasteiger partial charge in [0.1, 0.15) is 0 Å². The van der Waals surface area contributed by atoms with Crippen LogP contribution in [0.5, 0.6) is 0 Å². The van der Waals surface area contributed by atoms with Crippen LogP contribution < -0.4 is 10.2 Å². The number of carbonyl (C=O) groups is 2. The van der Waals surface area contributed by atoms with E-state index in [1.54, 1.807) is 24.3 Å². The van der Waals surface area contributed by atoms with Crippen molar-refractivity contribution < 1.29 is 18.0 Å². The number of carbonyl (C=O) groups excluding carboxylic acids is 2. The molecule has 1 saturated heterocycles. The molecule has 0 bridgehead atoms. The molecule has 8 heteroatoms. The Bertz CT molecular complexity index is 688. The van der Waals surface area contributed by atoms with Gasteiger partial charge in [-0.15, -0.1) is 0 Å². The highest BCUT2D eigenvalue weighted by molar-refractivity contribution is 7.91. The zero-order valence-electron chi connectivity index (χ0n) is 12.8. The van der Waals surface area contributed by atoms with Crippen LogP contribution in [0.2, 0.25) is 5.02 Å². The number of anilines is 1. The summed E-state index contributed by atoms with van der Waals surface area (Å²) in [5, 5.41) is 3.28. The van der Waals surface area contributed by atoms with Crippen molar-refractivity contribution >= 4 is 38.9 Å². The number of amides is 2. The van der Waals surface area contributed by atoms with Crippen molar-refractivity contribution in [3.05, 3.63) is 29.3 Å². The maximum atomic E-state index is 12.0. The minimum Gasteiger partial charge on any atom is -0.352 e. The van der Waals surface area contributed by atoms with Crippen molar-refractivity contribution in [2.45, 2.75) is 25.8 Å². The lowest BCUT2D eigenvalue weighted by Gasteiger charge is -2.21. The highest BCUT2D eigenvalue weighted by Gasteiger charge is 2.28. The quantitative estimate of drug-likeness (QED) is 0.862. The van der Waals surface area contributed by atoms with Crippen molar-refractivity contribution in [3.63, 3.8) is 0 Å². The third-order valence-corrected chi connectivity index (χ3v) is 5.70. The topological polar surface area (TPSA) is 83.6 Å². The summed E-state index contributed by atoms with van der Waals surface area (Å²) in [4.78, 5) is 25.2. The minimum absolute atomic E-state index is 0.00759. The van der Waals surface area contributed by atoms with E-state index >= 15 is 0 Å². The van der Waals surface area contributed by atoms with Crippen LogP contribution in [-0.2, 0) is 19.4 Å². The lowest BCUT2D eigenvalue weighted by molar-refractivity contribution is -0.121. The van der Waals surface area contributed by atoms with Gasteiger partial charge < -0.3 is 10.2 Å². The molecule has 1 heterocycles. The van der Waals surface area contributed by atoms with Crippen LogP contribution in [0.3, 0.4) is 0 Å². The number of nitrogens with zero attached hydrogens (tertiary/aromatic N) is 1. The van der Waals surface area contributed by atoms with E-state index in [0.29, 0.717) is 17.1 Å². The molecule has 1 aliphatic rings. The largest absolute Gasteiger partial charge is 0.352 e. The molecule has 1 atom stereocenters. The van der Waals surface area contributed by atoms with Gasteiger partial charge in [-0.2, -0.15) is 0 Å². The molecular formula is C15H19ClN2O4S. The van der Waals surface area contributed by atoms with Crippen LogP contribution in [-0.4, -0.2) is 44.3 Å². The molecular weight excluding hydrogens is 340 g/mol. The lowest BCUT2D eigenvalue weighted by Crippen LogP contribution is -2.38. The normalized spacial score (nSPS) is 19.3. The van der Waals surface area contributed by atoms with Crippen LogP contribution in [0, 0.1) is 0 Å². The summed E-state index contributed by atoms with van der Waals surface area (Å²) in [5.74, 6) is -0.329. The van der Waals surface area contributed by atoms with E-state index in [1.165, 1.54) is 11.8 Å². The highest BCUT2D eigenvalue weighted by atomic mass is 35.5. The number of rotatable bonds is 5. The van der Waals surface area contributed by atoms with Crippen molar-refractivity contribution in [1.82, 2.24) is 5.32 Å². The molecule has 1 aromatic rings. The Morgan fingerprint density at radius 3 is 2.48 bits per heavy atom. The molecule has 1 N–H and O–H groups in total. The SMILES string of the molecule is CC(=O)N(CCC(=O)NC1CCS(=O)(=O)C1)c1ccc(Cl)cc1. The van der Waals surface area contributed by atoms with Gasteiger partial charge >= 0.3 is 0 Å². The van der Waals surface area contributed by atoms with Gasteiger partial charge in [-0.05, 0) is 30.7 Å². The van der Waals surface area contributed by atoms with Gasteiger partial charge in [0.2, 0.25) is 11.8 Å². The average molecular weight is 359 g/mol. The second kappa shape index (κ2) is 7.31. The number of hydrogen-bond acceptors (Lipinski definition) is 4. The van der Waals surface area contributed by atoms with Crippen molar-refractivity contribution in [2.75, 3.05) is 23.0 Å². The van der Waals surface area contributed by atoms with Crippen LogP contribution in [0.4, 0.5) is 5.69 Å². The highest BCUT2D eigenvalue weighted by Crippen LogP contribution is 2.18. The summed E-state index contributed by atoms with van der Waals surface area (Å²) in [6.45, 7) is 1.65. The molecule has 1 aliphatic heterocycles. The lowest BCUT2D eigenvalue weighted by atomic mass is 10.2.